The van der Waals surface area contributed by atoms with E-state index < -0.39 is 0 Å². The third-order valence-electron chi connectivity index (χ3n) is 4.27. The van der Waals surface area contributed by atoms with Gasteiger partial charge in [-0.3, -0.25) is 0 Å². The molecule has 3 heteroatoms. The standard InChI is InChI=1S/C18H25NS2/c1-2-3-4-5-14-6-8-15(9-7-14)16-10-12-17(13-11-16)19-18(20)21/h4-5,10-15H,2-3,6-9H2,1H3,(H2,19,20,21). The van der Waals surface area contributed by atoms with Crippen LogP contribution in [-0.4, -0.2) is 4.32 Å². The molecule has 0 heterocycles. The molecular weight excluding hydrogens is 294 g/mol. The lowest BCUT2D eigenvalue weighted by molar-refractivity contribution is 0.375. The van der Waals surface area contributed by atoms with E-state index in [4.69, 9.17) is 12.2 Å². The SMILES string of the molecule is CCCC=CC1CCC(c2ccc(NC(=S)S)cc2)CC1. The smallest absolute Gasteiger partial charge is 0.135 e. The molecule has 1 nitrogen and oxygen atoms in total. The fourth-order valence-electron chi connectivity index (χ4n) is 3.06. The zero-order valence-corrected chi connectivity index (χ0v) is 14.4. The minimum atomic E-state index is 0.516. The van der Waals surface area contributed by atoms with Gasteiger partial charge in [-0.15, -0.1) is 12.6 Å². The minimum absolute atomic E-state index is 0.516. The van der Waals surface area contributed by atoms with Crippen molar-refractivity contribution in [2.45, 2.75) is 51.4 Å². The van der Waals surface area contributed by atoms with Crippen LogP contribution in [0.4, 0.5) is 5.69 Å². The molecule has 1 aliphatic rings. The third kappa shape index (κ3) is 5.48. The van der Waals surface area contributed by atoms with Crippen molar-refractivity contribution in [3.63, 3.8) is 0 Å². The molecule has 1 aromatic carbocycles. The highest BCUT2D eigenvalue weighted by Crippen LogP contribution is 2.36. The first kappa shape index (κ1) is 16.6. The Bertz CT molecular complexity index is 470. The van der Waals surface area contributed by atoms with Gasteiger partial charge in [-0.05, 0) is 61.6 Å². The molecule has 0 radical (unpaired) electrons. The molecule has 114 valence electrons. The number of allylic oxidation sites excluding steroid dienone is 2. The van der Waals surface area contributed by atoms with Crippen molar-refractivity contribution in [2.75, 3.05) is 5.32 Å². The lowest BCUT2D eigenvalue weighted by atomic mass is 9.78. The second-order valence-corrected chi connectivity index (χ2v) is 7.04. The summed E-state index contributed by atoms with van der Waals surface area (Å²) in [6.45, 7) is 2.24. The number of hydrogen-bond acceptors (Lipinski definition) is 1. The van der Waals surface area contributed by atoms with E-state index in [-0.39, 0.29) is 0 Å². The Morgan fingerprint density at radius 3 is 2.48 bits per heavy atom. The fourth-order valence-corrected chi connectivity index (χ4v) is 3.31. The molecule has 2 rings (SSSR count). The van der Waals surface area contributed by atoms with Gasteiger partial charge in [0.05, 0.1) is 0 Å². The highest BCUT2D eigenvalue weighted by Gasteiger charge is 2.20. The maximum atomic E-state index is 4.94. The lowest BCUT2D eigenvalue weighted by Gasteiger charge is -2.27. The quantitative estimate of drug-likeness (QED) is 0.395. The maximum Gasteiger partial charge on any atom is 0.135 e. The van der Waals surface area contributed by atoms with Crippen LogP contribution in [-0.2, 0) is 0 Å². The summed E-state index contributed by atoms with van der Waals surface area (Å²) in [5.41, 5.74) is 2.48. The van der Waals surface area contributed by atoms with E-state index in [0.717, 1.165) is 17.5 Å². The Kier molecular flexibility index (Phi) is 6.78. The first-order valence-corrected chi connectivity index (χ1v) is 8.81. The number of benzene rings is 1. The number of rotatable bonds is 5. The van der Waals surface area contributed by atoms with E-state index in [0.29, 0.717) is 4.32 Å². The first-order chi connectivity index (χ1) is 10.2. The van der Waals surface area contributed by atoms with Crippen molar-refractivity contribution in [1.82, 2.24) is 0 Å². The van der Waals surface area contributed by atoms with E-state index >= 15 is 0 Å². The average molecular weight is 320 g/mol. The van der Waals surface area contributed by atoms with Gasteiger partial charge in [0, 0.05) is 5.69 Å². The van der Waals surface area contributed by atoms with Crippen molar-refractivity contribution >= 4 is 34.9 Å². The summed E-state index contributed by atoms with van der Waals surface area (Å²) in [6.07, 6.45) is 12.5. The number of thiocarbonyl (C=S) groups is 1. The van der Waals surface area contributed by atoms with Gasteiger partial charge in [-0.2, -0.15) is 0 Å². The van der Waals surface area contributed by atoms with E-state index in [1.807, 2.05) is 0 Å². The number of nitrogens with one attached hydrogen (secondary N) is 1. The van der Waals surface area contributed by atoms with Crippen LogP contribution < -0.4 is 5.32 Å². The van der Waals surface area contributed by atoms with Crippen molar-refractivity contribution in [1.29, 1.82) is 0 Å². The summed E-state index contributed by atoms with van der Waals surface area (Å²) in [5, 5.41) is 3.06. The summed E-state index contributed by atoms with van der Waals surface area (Å²) in [6, 6.07) is 8.66. The molecule has 0 aliphatic heterocycles. The molecule has 0 amide bonds. The van der Waals surface area contributed by atoms with Gasteiger partial charge in [-0.25, -0.2) is 0 Å². The fraction of sp³-hybridized carbons (Fsp3) is 0.500. The Labute approximate surface area is 139 Å². The Morgan fingerprint density at radius 1 is 1.24 bits per heavy atom. The number of anilines is 1. The zero-order chi connectivity index (χ0) is 15.1. The second-order valence-electron chi connectivity index (χ2n) is 5.88. The summed E-state index contributed by atoms with van der Waals surface area (Å²) < 4.78 is 0.516. The predicted molar refractivity (Wildman–Crippen MR) is 100 cm³/mol. The average Bonchev–Trinajstić information content (AvgIpc) is 2.49. The Balaban J connectivity index is 1.85. The molecule has 1 fully saturated rings. The molecular formula is C18H25NS2. The molecule has 0 aromatic heterocycles. The lowest BCUT2D eigenvalue weighted by Crippen LogP contribution is -2.11. The summed E-state index contributed by atoms with van der Waals surface area (Å²) in [7, 11) is 0. The van der Waals surface area contributed by atoms with Crippen LogP contribution in [0.5, 0.6) is 0 Å². The van der Waals surface area contributed by atoms with Crippen LogP contribution in [0.25, 0.3) is 0 Å². The van der Waals surface area contributed by atoms with Gasteiger partial charge < -0.3 is 5.32 Å². The van der Waals surface area contributed by atoms with Gasteiger partial charge in [0.2, 0.25) is 0 Å². The van der Waals surface area contributed by atoms with Gasteiger partial charge in [-0.1, -0.05) is 49.8 Å². The van der Waals surface area contributed by atoms with Crippen molar-refractivity contribution in [3.05, 3.63) is 42.0 Å². The maximum absolute atomic E-state index is 4.94. The summed E-state index contributed by atoms with van der Waals surface area (Å²) in [5.74, 6) is 1.52. The van der Waals surface area contributed by atoms with Crippen LogP contribution in [0, 0.1) is 5.92 Å². The minimum Gasteiger partial charge on any atom is -0.341 e. The molecule has 1 N–H and O–H groups in total. The number of unbranched alkanes of at least 4 members (excludes halogenated alkanes) is 1. The van der Waals surface area contributed by atoms with Crippen LogP contribution >= 0.6 is 24.8 Å². The predicted octanol–water partition coefficient (Wildman–Crippen LogP) is 5.94. The number of hydrogen-bond donors (Lipinski definition) is 2. The van der Waals surface area contributed by atoms with Gasteiger partial charge >= 0.3 is 0 Å². The van der Waals surface area contributed by atoms with E-state index in [1.54, 1.807) is 0 Å². The van der Waals surface area contributed by atoms with Gasteiger partial charge in [0.25, 0.3) is 0 Å². The van der Waals surface area contributed by atoms with E-state index in [2.05, 4.69) is 61.3 Å². The van der Waals surface area contributed by atoms with Crippen LogP contribution in [0.1, 0.15) is 56.9 Å². The van der Waals surface area contributed by atoms with Crippen molar-refractivity contribution in [2.24, 2.45) is 5.92 Å². The molecule has 1 aliphatic carbocycles. The summed E-state index contributed by atoms with van der Waals surface area (Å²) >= 11 is 9.03. The van der Waals surface area contributed by atoms with Crippen LogP contribution in [0.15, 0.2) is 36.4 Å². The molecule has 0 atom stereocenters. The third-order valence-corrected chi connectivity index (χ3v) is 4.48. The van der Waals surface area contributed by atoms with Crippen LogP contribution in [0.2, 0.25) is 0 Å². The first-order valence-electron chi connectivity index (χ1n) is 7.95. The van der Waals surface area contributed by atoms with Crippen LogP contribution in [0.3, 0.4) is 0 Å². The largest absolute Gasteiger partial charge is 0.341 e. The second kappa shape index (κ2) is 8.60. The molecule has 0 saturated heterocycles. The van der Waals surface area contributed by atoms with Crippen molar-refractivity contribution < 1.29 is 0 Å². The highest BCUT2D eigenvalue weighted by molar-refractivity contribution is 8.11. The Hall–Kier alpha value is -0.800. The molecule has 1 aromatic rings. The van der Waals surface area contributed by atoms with Gasteiger partial charge in [0.1, 0.15) is 4.32 Å². The zero-order valence-electron chi connectivity index (χ0n) is 12.7. The highest BCUT2D eigenvalue weighted by atomic mass is 32.1. The monoisotopic (exact) mass is 319 g/mol. The summed E-state index contributed by atoms with van der Waals surface area (Å²) in [4.78, 5) is 0. The van der Waals surface area contributed by atoms with Gasteiger partial charge in [0.15, 0.2) is 0 Å². The van der Waals surface area contributed by atoms with Crippen molar-refractivity contribution in [3.8, 4) is 0 Å². The molecule has 0 bridgehead atoms. The molecule has 0 spiro atoms. The molecule has 1 saturated carbocycles. The normalized spacial score (nSPS) is 22.4. The molecule has 21 heavy (non-hydrogen) atoms. The van der Waals surface area contributed by atoms with E-state index in [1.165, 1.54) is 44.1 Å². The van der Waals surface area contributed by atoms with E-state index in [9.17, 15) is 0 Å². The number of thiol groups is 1. The molecule has 0 unspecified atom stereocenters. The Morgan fingerprint density at radius 2 is 1.90 bits per heavy atom. The topological polar surface area (TPSA) is 12.0 Å².